The van der Waals surface area contributed by atoms with Crippen LogP contribution in [0.1, 0.15) is 26.2 Å². The number of benzene rings is 1. The molecule has 0 aliphatic carbocycles. The van der Waals surface area contributed by atoms with Crippen molar-refractivity contribution in [3.05, 3.63) is 28.7 Å². The molecule has 1 fully saturated rings. The van der Waals surface area contributed by atoms with E-state index in [1.807, 2.05) is 29.2 Å². The molecule has 116 valence electrons. The first-order valence-electron chi connectivity index (χ1n) is 7.42. The third-order valence-corrected chi connectivity index (χ3v) is 4.37. The van der Waals surface area contributed by atoms with Crippen LogP contribution in [0.5, 0.6) is 5.75 Å². The van der Waals surface area contributed by atoms with Crippen LogP contribution in [0.4, 0.5) is 0 Å². The highest BCUT2D eigenvalue weighted by Gasteiger charge is 2.27. The first-order chi connectivity index (χ1) is 10.1. The maximum Gasteiger partial charge on any atom is 0.263 e. The molecule has 5 heteroatoms. The zero-order valence-corrected chi connectivity index (χ0v) is 13.9. The van der Waals surface area contributed by atoms with Crippen molar-refractivity contribution in [3.8, 4) is 5.75 Å². The zero-order valence-electron chi connectivity index (χ0n) is 12.3. The Kier molecular flexibility index (Phi) is 6.06. The number of carbonyl (C=O) groups is 1. The summed E-state index contributed by atoms with van der Waals surface area (Å²) in [6, 6.07) is 7.48. The molecule has 1 aromatic rings. The Morgan fingerprint density at radius 3 is 2.86 bits per heavy atom. The predicted octanol–water partition coefficient (Wildman–Crippen LogP) is 2.84. The van der Waals surface area contributed by atoms with Gasteiger partial charge in [-0.25, -0.2) is 0 Å². The Balaban J connectivity index is 1.90. The number of likely N-dealkylation sites (tertiary alicyclic amines) is 1. The van der Waals surface area contributed by atoms with Crippen molar-refractivity contribution in [2.45, 2.75) is 32.3 Å². The number of piperidine rings is 1. The van der Waals surface area contributed by atoms with E-state index in [0.717, 1.165) is 36.8 Å². The first-order valence-corrected chi connectivity index (χ1v) is 8.21. The average molecular weight is 356 g/mol. The first kappa shape index (κ1) is 16.3. The topological polar surface area (TPSA) is 49.8 Å². The van der Waals surface area contributed by atoms with Crippen molar-refractivity contribution in [1.29, 1.82) is 0 Å². The second-order valence-electron chi connectivity index (χ2n) is 5.52. The summed E-state index contributed by atoms with van der Waals surface area (Å²) < 4.78 is 6.70. The minimum absolute atomic E-state index is 0.0283. The van der Waals surface area contributed by atoms with Crippen LogP contribution in [0.25, 0.3) is 0 Å². The molecule has 1 heterocycles. The van der Waals surface area contributed by atoms with E-state index in [-0.39, 0.29) is 12.5 Å². The molecule has 2 unspecified atom stereocenters. The van der Waals surface area contributed by atoms with E-state index < -0.39 is 6.10 Å². The van der Waals surface area contributed by atoms with E-state index in [4.69, 9.17) is 9.84 Å². The van der Waals surface area contributed by atoms with Crippen molar-refractivity contribution in [1.82, 2.24) is 4.90 Å². The zero-order chi connectivity index (χ0) is 15.2. The van der Waals surface area contributed by atoms with Gasteiger partial charge < -0.3 is 14.7 Å². The number of hydrogen-bond acceptors (Lipinski definition) is 3. The molecule has 0 bridgehead atoms. The van der Waals surface area contributed by atoms with Gasteiger partial charge in [0.2, 0.25) is 0 Å². The van der Waals surface area contributed by atoms with Crippen LogP contribution in [0.15, 0.2) is 28.7 Å². The number of aliphatic hydroxyl groups excluding tert-OH is 1. The Morgan fingerprint density at radius 2 is 2.19 bits per heavy atom. The number of halogens is 1. The van der Waals surface area contributed by atoms with E-state index in [0.29, 0.717) is 11.7 Å². The molecule has 21 heavy (non-hydrogen) atoms. The van der Waals surface area contributed by atoms with Gasteiger partial charge in [0.05, 0.1) is 0 Å². The fraction of sp³-hybridized carbons (Fsp3) is 0.562. The maximum absolute atomic E-state index is 12.4. The van der Waals surface area contributed by atoms with Crippen LogP contribution in [0.2, 0.25) is 0 Å². The van der Waals surface area contributed by atoms with Crippen molar-refractivity contribution >= 4 is 21.8 Å². The van der Waals surface area contributed by atoms with E-state index in [1.54, 1.807) is 6.92 Å². The summed E-state index contributed by atoms with van der Waals surface area (Å²) in [5.74, 6) is 1.14. The smallest absolute Gasteiger partial charge is 0.263 e. The van der Waals surface area contributed by atoms with E-state index in [1.165, 1.54) is 0 Å². The molecule has 0 aromatic heterocycles. The minimum Gasteiger partial charge on any atom is -0.481 e. The highest BCUT2D eigenvalue weighted by Crippen LogP contribution is 2.21. The van der Waals surface area contributed by atoms with Crippen molar-refractivity contribution in [3.63, 3.8) is 0 Å². The Hall–Kier alpha value is -1.07. The quantitative estimate of drug-likeness (QED) is 0.883. The molecule has 4 nitrogen and oxygen atoms in total. The van der Waals surface area contributed by atoms with E-state index in [9.17, 15) is 4.79 Å². The SMILES string of the molecule is CC(Oc1ccc(Br)cc1)C(=O)N1CCCC(CCO)C1. The minimum atomic E-state index is -0.487. The molecule has 0 saturated carbocycles. The third-order valence-electron chi connectivity index (χ3n) is 3.84. The number of amides is 1. The van der Waals surface area contributed by atoms with Crippen molar-refractivity contribution in [2.24, 2.45) is 5.92 Å². The predicted molar refractivity (Wildman–Crippen MR) is 85.2 cm³/mol. The van der Waals surface area contributed by atoms with Gasteiger partial charge in [0.15, 0.2) is 6.10 Å². The van der Waals surface area contributed by atoms with E-state index >= 15 is 0 Å². The standard InChI is InChI=1S/C16H22BrNO3/c1-12(21-15-6-4-14(17)5-7-15)16(20)18-9-2-3-13(11-18)8-10-19/h4-7,12-13,19H,2-3,8-11H2,1H3. The fourth-order valence-corrected chi connectivity index (χ4v) is 2.97. The summed E-state index contributed by atoms with van der Waals surface area (Å²) in [5, 5.41) is 9.04. The molecular weight excluding hydrogens is 334 g/mol. The van der Waals surface area contributed by atoms with Gasteiger partial charge in [-0.1, -0.05) is 15.9 Å². The summed E-state index contributed by atoms with van der Waals surface area (Å²) in [4.78, 5) is 14.3. The van der Waals surface area contributed by atoms with Gasteiger partial charge in [0, 0.05) is 24.2 Å². The second-order valence-corrected chi connectivity index (χ2v) is 6.43. The van der Waals surface area contributed by atoms with Gasteiger partial charge in [-0.15, -0.1) is 0 Å². The fourth-order valence-electron chi connectivity index (χ4n) is 2.71. The summed E-state index contributed by atoms with van der Waals surface area (Å²) in [5.41, 5.74) is 0. The molecule has 1 aliphatic rings. The lowest BCUT2D eigenvalue weighted by molar-refractivity contribution is -0.139. The molecule has 0 radical (unpaired) electrons. The van der Waals surface area contributed by atoms with Gasteiger partial charge in [0.1, 0.15) is 5.75 Å². The van der Waals surface area contributed by atoms with Gasteiger partial charge in [-0.3, -0.25) is 4.79 Å². The molecule has 2 atom stereocenters. The van der Waals surface area contributed by atoms with Crippen LogP contribution in [0.3, 0.4) is 0 Å². The van der Waals surface area contributed by atoms with Gasteiger partial charge in [-0.2, -0.15) is 0 Å². The van der Waals surface area contributed by atoms with Crippen LogP contribution in [0, 0.1) is 5.92 Å². The number of hydrogen-bond donors (Lipinski definition) is 1. The van der Waals surface area contributed by atoms with Crippen molar-refractivity contribution in [2.75, 3.05) is 19.7 Å². The largest absolute Gasteiger partial charge is 0.481 e. The molecule has 1 N–H and O–H groups in total. The van der Waals surface area contributed by atoms with Gasteiger partial charge in [0.25, 0.3) is 5.91 Å². The summed E-state index contributed by atoms with van der Waals surface area (Å²) in [7, 11) is 0. The van der Waals surface area contributed by atoms with Crippen LogP contribution in [-0.2, 0) is 4.79 Å². The molecular formula is C16H22BrNO3. The van der Waals surface area contributed by atoms with Gasteiger partial charge >= 0.3 is 0 Å². The molecule has 0 spiro atoms. The van der Waals surface area contributed by atoms with Crippen LogP contribution < -0.4 is 4.74 Å². The lowest BCUT2D eigenvalue weighted by Crippen LogP contribution is -2.45. The molecule has 1 aromatic carbocycles. The number of nitrogens with zero attached hydrogens (tertiary/aromatic N) is 1. The highest BCUT2D eigenvalue weighted by atomic mass is 79.9. The van der Waals surface area contributed by atoms with E-state index in [2.05, 4.69) is 15.9 Å². The normalized spacial score (nSPS) is 20.1. The Labute approximate surface area is 134 Å². The molecule has 1 aliphatic heterocycles. The van der Waals surface area contributed by atoms with Crippen molar-refractivity contribution < 1.29 is 14.6 Å². The lowest BCUT2D eigenvalue weighted by Gasteiger charge is -2.34. The number of carbonyl (C=O) groups excluding carboxylic acids is 1. The molecule has 1 amide bonds. The van der Waals surface area contributed by atoms with Crippen LogP contribution in [-0.4, -0.2) is 41.7 Å². The van der Waals surface area contributed by atoms with Gasteiger partial charge in [-0.05, 0) is 56.4 Å². The molecule has 1 saturated heterocycles. The monoisotopic (exact) mass is 355 g/mol. The average Bonchev–Trinajstić information content (AvgIpc) is 2.49. The maximum atomic E-state index is 12.4. The number of aliphatic hydroxyl groups is 1. The Bertz CT molecular complexity index is 461. The second kappa shape index (κ2) is 7.80. The summed E-state index contributed by atoms with van der Waals surface area (Å²) >= 11 is 3.37. The summed E-state index contributed by atoms with van der Waals surface area (Å²) in [6.07, 6.45) is 2.37. The molecule has 2 rings (SSSR count). The number of rotatable bonds is 5. The van der Waals surface area contributed by atoms with Crippen LogP contribution >= 0.6 is 15.9 Å². The summed E-state index contributed by atoms with van der Waals surface area (Å²) in [6.45, 7) is 3.50. The Morgan fingerprint density at radius 1 is 1.48 bits per heavy atom. The lowest BCUT2D eigenvalue weighted by atomic mass is 9.95. The highest BCUT2D eigenvalue weighted by molar-refractivity contribution is 9.10. The number of ether oxygens (including phenoxy) is 1. The third kappa shape index (κ3) is 4.71.